The van der Waals surface area contributed by atoms with E-state index in [4.69, 9.17) is 26.1 Å². The van der Waals surface area contributed by atoms with Crippen LogP contribution in [0, 0.1) is 0 Å². The lowest BCUT2D eigenvalue weighted by atomic mass is 9.71. The number of fused-ring (bicyclic) bond motifs is 4. The highest BCUT2D eigenvalue weighted by atomic mass is 79.9. The topological polar surface area (TPSA) is 37.8 Å². The van der Waals surface area contributed by atoms with Gasteiger partial charge in [-0.1, -0.05) is 85.3 Å². The second kappa shape index (κ2) is 13.1. The van der Waals surface area contributed by atoms with Crippen LogP contribution in [0.3, 0.4) is 0 Å². The molecule has 3 aromatic carbocycles. The molecule has 0 radical (unpaired) electrons. The third-order valence-corrected chi connectivity index (χ3v) is 12.4. The fraction of sp³-hybridized carbons (Fsp3) is 0.425. The molecule has 4 aromatic rings. The van der Waals surface area contributed by atoms with Gasteiger partial charge in [0.15, 0.2) is 0 Å². The number of aromatic nitrogens is 1. The highest BCUT2D eigenvalue weighted by molar-refractivity contribution is 9.10. The van der Waals surface area contributed by atoms with Crippen molar-refractivity contribution < 1.29 is 13.9 Å². The third kappa shape index (κ3) is 5.95. The maximum Gasteiger partial charge on any atom is 0.215 e. The van der Waals surface area contributed by atoms with Crippen LogP contribution in [0.1, 0.15) is 78.5 Å². The molecule has 5 nitrogen and oxygen atoms in total. The molecule has 2 fully saturated rings. The molecule has 1 aliphatic carbocycles. The van der Waals surface area contributed by atoms with E-state index in [-0.39, 0.29) is 5.54 Å². The minimum atomic E-state index is -0.792. The van der Waals surface area contributed by atoms with E-state index in [0.717, 1.165) is 66.7 Å². The van der Waals surface area contributed by atoms with E-state index in [2.05, 4.69) is 105 Å². The number of hydrogen-bond donors (Lipinski definition) is 0. The first-order valence-corrected chi connectivity index (χ1v) is 18.5. The molecule has 8 heteroatoms. The summed E-state index contributed by atoms with van der Waals surface area (Å²) in [5.74, 6) is 0.927. The van der Waals surface area contributed by atoms with Crippen LogP contribution in [0.4, 0.5) is 10.1 Å². The maximum atomic E-state index is 14.4. The fourth-order valence-electron chi connectivity index (χ4n) is 8.71. The standard InChI is InChI=1S/C40H42BrClFN3O2/c1-27-15-17-40(21-34-32(25-48-40)33(42)19-36(44-34)47-26-39-16-8-18-46(39)24-30(43)20-39)37-31(27)13-14-35(38(37)41)45(22-28-9-4-2-5-10-28)23-29-11-6-3-7-12-29/h2-7,9-14,19,27,30H,8,15-18,20-26H2,1H3/t27-,30+,39?,40-/m0/s1. The lowest BCUT2D eigenvalue weighted by Crippen LogP contribution is -2.43. The summed E-state index contributed by atoms with van der Waals surface area (Å²) in [6.07, 6.45) is 4.30. The first kappa shape index (κ1) is 32.2. The second-order valence-electron chi connectivity index (χ2n) is 14.3. The normalized spacial score (nSPS) is 26.2. The van der Waals surface area contributed by atoms with Crippen LogP contribution >= 0.6 is 27.5 Å². The van der Waals surface area contributed by atoms with Gasteiger partial charge in [0.05, 0.1) is 28.5 Å². The number of benzene rings is 3. The summed E-state index contributed by atoms with van der Waals surface area (Å²) < 4.78 is 28.8. The van der Waals surface area contributed by atoms with Crippen molar-refractivity contribution in [2.45, 2.75) is 88.4 Å². The summed E-state index contributed by atoms with van der Waals surface area (Å²) >= 11 is 11.1. The number of rotatable bonds is 8. The fourth-order valence-corrected chi connectivity index (χ4v) is 9.94. The van der Waals surface area contributed by atoms with Crippen LogP contribution < -0.4 is 9.64 Å². The van der Waals surface area contributed by atoms with Gasteiger partial charge in [-0.25, -0.2) is 9.37 Å². The Morgan fingerprint density at radius 2 is 1.77 bits per heavy atom. The van der Waals surface area contributed by atoms with Crippen molar-refractivity contribution >= 4 is 33.2 Å². The molecule has 0 bridgehead atoms. The van der Waals surface area contributed by atoms with E-state index >= 15 is 0 Å². The Labute approximate surface area is 296 Å². The van der Waals surface area contributed by atoms with Gasteiger partial charge in [-0.15, -0.1) is 0 Å². The SMILES string of the molecule is C[C@H]1CC[C@]2(Cc3nc(OCC45CCCN4C[C@H](F)C5)cc(Cl)c3CO2)c2c1ccc(N(Cc1ccccc1)Cc1ccccc1)c2Br. The van der Waals surface area contributed by atoms with Gasteiger partial charge >= 0.3 is 0 Å². The van der Waals surface area contributed by atoms with Crippen molar-refractivity contribution in [1.82, 2.24) is 9.88 Å². The molecule has 250 valence electrons. The molecule has 1 aromatic heterocycles. The zero-order valence-electron chi connectivity index (χ0n) is 27.4. The summed E-state index contributed by atoms with van der Waals surface area (Å²) in [4.78, 5) is 9.81. The molecule has 0 amide bonds. The highest BCUT2D eigenvalue weighted by Crippen LogP contribution is 2.53. The van der Waals surface area contributed by atoms with Crippen molar-refractivity contribution in [3.8, 4) is 5.88 Å². The third-order valence-electron chi connectivity index (χ3n) is 11.2. The van der Waals surface area contributed by atoms with Crippen molar-refractivity contribution in [2.75, 3.05) is 24.6 Å². The summed E-state index contributed by atoms with van der Waals surface area (Å²) in [7, 11) is 0. The van der Waals surface area contributed by atoms with Crippen molar-refractivity contribution in [3.05, 3.63) is 122 Å². The molecule has 8 rings (SSSR count). The zero-order valence-corrected chi connectivity index (χ0v) is 29.8. The molecule has 2 saturated heterocycles. The summed E-state index contributed by atoms with van der Waals surface area (Å²) in [6.45, 7) is 6.14. The van der Waals surface area contributed by atoms with Gasteiger partial charge in [0.1, 0.15) is 18.4 Å². The average molecular weight is 731 g/mol. The number of pyridine rings is 1. The van der Waals surface area contributed by atoms with E-state index in [0.29, 0.717) is 49.4 Å². The van der Waals surface area contributed by atoms with Gasteiger partial charge in [-0.05, 0) is 76.8 Å². The Morgan fingerprint density at radius 1 is 1.04 bits per heavy atom. The molecule has 0 N–H and O–H groups in total. The van der Waals surface area contributed by atoms with E-state index in [1.165, 1.54) is 22.3 Å². The molecule has 48 heavy (non-hydrogen) atoms. The lowest BCUT2D eigenvalue weighted by molar-refractivity contribution is -0.0876. The molecule has 3 aliphatic heterocycles. The molecular weight excluding hydrogens is 689 g/mol. The van der Waals surface area contributed by atoms with E-state index in [1.54, 1.807) is 0 Å². The van der Waals surface area contributed by atoms with Crippen LogP contribution in [-0.4, -0.2) is 41.3 Å². The zero-order chi connectivity index (χ0) is 32.9. The lowest BCUT2D eigenvalue weighted by Gasteiger charge is -2.45. The smallest absolute Gasteiger partial charge is 0.215 e. The Bertz CT molecular complexity index is 1750. The maximum absolute atomic E-state index is 14.4. The Kier molecular flexibility index (Phi) is 8.77. The van der Waals surface area contributed by atoms with Crippen LogP contribution in [0.25, 0.3) is 0 Å². The Balaban J connectivity index is 1.13. The number of nitrogens with zero attached hydrogens (tertiary/aromatic N) is 3. The number of hydrogen-bond acceptors (Lipinski definition) is 5. The average Bonchev–Trinajstić information content (AvgIpc) is 3.62. The Morgan fingerprint density at radius 3 is 2.50 bits per heavy atom. The molecule has 4 atom stereocenters. The Hall–Kier alpha value is -2.97. The minimum Gasteiger partial charge on any atom is -0.476 e. The van der Waals surface area contributed by atoms with Crippen LogP contribution in [0.15, 0.2) is 83.3 Å². The second-order valence-corrected chi connectivity index (χ2v) is 15.5. The van der Waals surface area contributed by atoms with Crippen LogP contribution in [0.5, 0.6) is 5.88 Å². The predicted molar refractivity (Wildman–Crippen MR) is 193 cm³/mol. The predicted octanol–water partition coefficient (Wildman–Crippen LogP) is 9.52. The van der Waals surface area contributed by atoms with Crippen molar-refractivity contribution in [3.63, 3.8) is 0 Å². The molecular formula is C40H42BrClFN3O2. The number of anilines is 1. The van der Waals surface area contributed by atoms with Crippen LogP contribution in [0.2, 0.25) is 5.02 Å². The number of alkyl halides is 1. The van der Waals surface area contributed by atoms with Gasteiger partial charge in [0, 0.05) is 54.1 Å². The monoisotopic (exact) mass is 729 g/mol. The van der Waals surface area contributed by atoms with Gasteiger partial charge in [-0.2, -0.15) is 0 Å². The largest absolute Gasteiger partial charge is 0.476 e. The summed E-state index contributed by atoms with van der Waals surface area (Å²) in [5, 5.41) is 0.620. The molecule has 1 spiro atoms. The van der Waals surface area contributed by atoms with E-state index in [9.17, 15) is 4.39 Å². The van der Waals surface area contributed by atoms with Gasteiger partial charge in [-0.3, -0.25) is 4.90 Å². The van der Waals surface area contributed by atoms with E-state index in [1.807, 2.05) is 6.07 Å². The van der Waals surface area contributed by atoms with E-state index < -0.39 is 11.8 Å². The van der Waals surface area contributed by atoms with Crippen molar-refractivity contribution in [1.29, 1.82) is 0 Å². The number of halogens is 3. The molecule has 4 aliphatic rings. The number of ether oxygens (including phenoxy) is 2. The molecule has 0 saturated carbocycles. The summed E-state index contributed by atoms with van der Waals surface area (Å²) in [6, 6.07) is 27.7. The summed E-state index contributed by atoms with van der Waals surface area (Å²) in [5.41, 5.74) is 7.29. The first-order chi connectivity index (χ1) is 23.3. The quantitative estimate of drug-likeness (QED) is 0.181. The van der Waals surface area contributed by atoms with Crippen LogP contribution in [-0.2, 0) is 36.5 Å². The van der Waals surface area contributed by atoms with Crippen molar-refractivity contribution in [2.24, 2.45) is 0 Å². The minimum absolute atomic E-state index is 0.237. The van der Waals surface area contributed by atoms with Gasteiger partial charge in [0.25, 0.3) is 0 Å². The highest BCUT2D eigenvalue weighted by Gasteiger charge is 2.50. The van der Waals surface area contributed by atoms with Gasteiger partial charge < -0.3 is 14.4 Å². The first-order valence-electron chi connectivity index (χ1n) is 17.3. The molecule has 1 unspecified atom stereocenters. The molecule has 4 heterocycles. The van der Waals surface area contributed by atoms with Gasteiger partial charge in [0.2, 0.25) is 5.88 Å².